The average Bonchev–Trinajstić information content (AvgIpc) is 3.32. The normalized spacial score (nSPS) is 15.3. The van der Waals surface area contributed by atoms with Crippen molar-refractivity contribution in [3.8, 4) is 21.8 Å². The van der Waals surface area contributed by atoms with Crippen LogP contribution in [-0.4, -0.2) is 32.7 Å². The van der Waals surface area contributed by atoms with Gasteiger partial charge in [-0.25, -0.2) is 9.50 Å². The van der Waals surface area contributed by atoms with Gasteiger partial charge in [-0.15, -0.1) is 11.3 Å². The van der Waals surface area contributed by atoms with Crippen molar-refractivity contribution >= 4 is 17.0 Å². The number of rotatable bonds is 3. The zero-order chi connectivity index (χ0) is 19.1. The lowest BCUT2D eigenvalue weighted by Gasteiger charge is -2.23. The van der Waals surface area contributed by atoms with Gasteiger partial charge in [-0.2, -0.15) is 5.10 Å². The molecule has 7 heteroatoms. The molecule has 4 heterocycles. The summed E-state index contributed by atoms with van der Waals surface area (Å²) in [5.74, 6) is 0.344. The van der Waals surface area contributed by atoms with Crippen LogP contribution in [-0.2, 0) is 0 Å². The molecule has 2 N–H and O–H groups in total. The molecule has 0 saturated carbocycles. The largest absolute Gasteiger partial charge is 0.317 e. The van der Waals surface area contributed by atoms with Gasteiger partial charge in [0, 0.05) is 22.4 Å². The summed E-state index contributed by atoms with van der Waals surface area (Å²) in [4.78, 5) is 21.4. The Morgan fingerprint density at radius 2 is 1.96 bits per heavy atom. The molecule has 1 saturated heterocycles. The van der Waals surface area contributed by atoms with Crippen molar-refractivity contribution in [2.24, 2.45) is 0 Å². The molecule has 0 radical (unpaired) electrons. The number of aryl methyl sites for hydroxylation is 1. The van der Waals surface area contributed by atoms with Crippen molar-refractivity contribution in [2.45, 2.75) is 25.7 Å². The van der Waals surface area contributed by atoms with E-state index in [2.05, 4.69) is 34.5 Å². The fourth-order valence-electron chi connectivity index (χ4n) is 3.95. The molecule has 1 aliphatic heterocycles. The summed E-state index contributed by atoms with van der Waals surface area (Å²) in [7, 11) is 0. The Labute approximate surface area is 166 Å². The number of aromatic amines is 1. The lowest BCUT2D eigenvalue weighted by molar-refractivity contribution is 0.446. The predicted molar refractivity (Wildman–Crippen MR) is 112 cm³/mol. The summed E-state index contributed by atoms with van der Waals surface area (Å²) in [6.07, 6.45) is 3.85. The number of piperidine rings is 1. The third-order valence-corrected chi connectivity index (χ3v) is 6.37. The third-order valence-electron chi connectivity index (χ3n) is 5.37. The second kappa shape index (κ2) is 7.00. The van der Waals surface area contributed by atoms with Crippen LogP contribution in [0.25, 0.3) is 27.5 Å². The third kappa shape index (κ3) is 2.96. The fourth-order valence-corrected chi connectivity index (χ4v) is 4.90. The van der Waals surface area contributed by atoms with Gasteiger partial charge in [-0.05, 0) is 32.9 Å². The van der Waals surface area contributed by atoms with Gasteiger partial charge in [0.1, 0.15) is 10.7 Å². The van der Waals surface area contributed by atoms with Crippen LogP contribution in [0.4, 0.5) is 0 Å². The van der Waals surface area contributed by atoms with Crippen molar-refractivity contribution < 1.29 is 0 Å². The molecule has 1 fully saturated rings. The monoisotopic (exact) mass is 391 g/mol. The number of aromatic nitrogens is 4. The van der Waals surface area contributed by atoms with E-state index < -0.39 is 0 Å². The topological polar surface area (TPSA) is 75.1 Å². The van der Waals surface area contributed by atoms with Crippen LogP contribution in [0.2, 0.25) is 0 Å². The first-order valence-corrected chi connectivity index (χ1v) is 10.4. The van der Waals surface area contributed by atoms with Gasteiger partial charge >= 0.3 is 0 Å². The molecule has 0 bridgehead atoms. The minimum atomic E-state index is -0.0839. The van der Waals surface area contributed by atoms with Crippen LogP contribution in [0.3, 0.4) is 0 Å². The second-order valence-electron chi connectivity index (χ2n) is 7.19. The van der Waals surface area contributed by atoms with Gasteiger partial charge in [0.05, 0.1) is 23.1 Å². The lowest BCUT2D eigenvalue weighted by Crippen LogP contribution is -2.28. The summed E-state index contributed by atoms with van der Waals surface area (Å²) in [5, 5.41) is 8.87. The number of thiazole rings is 1. The molecule has 1 aromatic carbocycles. The first kappa shape index (κ1) is 17.3. The highest BCUT2D eigenvalue weighted by atomic mass is 32.1. The quantitative estimate of drug-likeness (QED) is 0.560. The first-order valence-electron chi connectivity index (χ1n) is 9.55. The molecule has 6 nitrogen and oxygen atoms in total. The lowest BCUT2D eigenvalue weighted by atomic mass is 9.94. The minimum Gasteiger partial charge on any atom is -0.317 e. The smallest absolute Gasteiger partial charge is 0.251 e. The first-order chi connectivity index (χ1) is 13.7. The van der Waals surface area contributed by atoms with Crippen molar-refractivity contribution in [1.82, 2.24) is 24.9 Å². The molecule has 0 unspecified atom stereocenters. The van der Waals surface area contributed by atoms with E-state index in [4.69, 9.17) is 4.98 Å². The molecule has 0 aliphatic carbocycles. The molecule has 5 rings (SSSR count). The van der Waals surface area contributed by atoms with Crippen LogP contribution in [0, 0.1) is 6.92 Å². The summed E-state index contributed by atoms with van der Waals surface area (Å²) in [5.41, 5.74) is 4.60. The van der Waals surface area contributed by atoms with Gasteiger partial charge in [0.15, 0.2) is 0 Å². The van der Waals surface area contributed by atoms with Crippen molar-refractivity contribution in [3.63, 3.8) is 0 Å². The van der Waals surface area contributed by atoms with E-state index in [0.717, 1.165) is 64.0 Å². The molecule has 0 spiro atoms. The number of hydrogen-bond acceptors (Lipinski definition) is 5. The van der Waals surface area contributed by atoms with Gasteiger partial charge in [-0.1, -0.05) is 30.3 Å². The van der Waals surface area contributed by atoms with Crippen LogP contribution in [0.1, 0.15) is 29.3 Å². The van der Waals surface area contributed by atoms with E-state index in [0.29, 0.717) is 5.92 Å². The Balaban J connectivity index is 1.63. The highest BCUT2D eigenvalue weighted by Gasteiger charge is 2.22. The van der Waals surface area contributed by atoms with Crippen LogP contribution < -0.4 is 10.9 Å². The van der Waals surface area contributed by atoms with E-state index >= 15 is 0 Å². The molecular formula is C21H21N5OS. The summed E-state index contributed by atoms with van der Waals surface area (Å²) < 4.78 is 1.89. The maximum Gasteiger partial charge on any atom is 0.251 e. The Bertz CT molecular complexity index is 1180. The highest BCUT2D eigenvalue weighted by Crippen LogP contribution is 2.35. The van der Waals surface area contributed by atoms with E-state index in [1.54, 1.807) is 17.4 Å². The maximum absolute atomic E-state index is 12.4. The van der Waals surface area contributed by atoms with Crippen LogP contribution in [0.15, 0.2) is 47.4 Å². The number of benzene rings is 1. The fraction of sp³-hybridized carbons (Fsp3) is 0.286. The number of hydrogen-bond donors (Lipinski definition) is 2. The SMILES string of the molecule is Cc1sc(-c2cnn3c(C4CCNCC4)cc(=O)[nH]c23)nc1-c1ccccc1. The van der Waals surface area contributed by atoms with Crippen molar-refractivity contribution in [2.75, 3.05) is 13.1 Å². The zero-order valence-corrected chi connectivity index (χ0v) is 16.4. The van der Waals surface area contributed by atoms with Gasteiger partial charge in [0.2, 0.25) is 0 Å². The maximum atomic E-state index is 12.4. The highest BCUT2D eigenvalue weighted by molar-refractivity contribution is 7.15. The molecule has 1 aliphatic rings. The van der Waals surface area contributed by atoms with Crippen LogP contribution >= 0.6 is 11.3 Å². The Kier molecular flexibility index (Phi) is 4.33. The van der Waals surface area contributed by atoms with E-state index in [1.165, 1.54) is 0 Å². The van der Waals surface area contributed by atoms with Gasteiger partial charge in [-0.3, -0.25) is 4.79 Å². The second-order valence-corrected chi connectivity index (χ2v) is 8.39. The van der Waals surface area contributed by atoms with Gasteiger partial charge < -0.3 is 10.3 Å². The Morgan fingerprint density at radius 3 is 2.75 bits per heavy atom. The number of fused-ring (bicyclic) bond motifs is 1. The van der Waals surface area contributed by atoms with Crippen molar-refractivity contribution in [1.29, 1.82) is 0 Å². The molecular weight excluding hydrogens is 370 g/mol. The summed E-state index contributed by atoms with van der Waals surface area (Å²) in [6.45, 7) is 4.02. The Hall–Kier alpha value is -2.77. The molecule has 4 aromatic rings. The summed E-state index contributed by atoms with van der Waals surface area (Å²) in [6, 6.07) is 11.9. The van der Waals surface area contributed by atoms with Crippen LogP contribution in [0.5, 0.6) is 0 Å². The van der Waals surface area contributed by atoms with Gasteiger partial charge in [0.25, 0.3) is 5.56 Å². The van der Waals surface area contributed by atoms with E-state index in [9.17, 15) is 4.79 Å². The number of nitrogens with zero attached hydrogens (tertiary/aromatic N) is 3. The number of H-pyrrole nitrogens is 1. The molecule has 0 atom stereocenters. The summed E-state index contributed by atoms with van der Waals surface area (Å²) >= 11 is 1.63. The molecule has 0 amide bonds. The van der Waals surface area contributed by atoms with E-state index in [-0.39, 0.29) is 5.56 Å². The zero-order valence-electron chi connectivity index (χ0n) is 15.6. The molecule has 3 aromatic heterocycles. The average molecular weight is 392 g/mol. The predicted octanol–water partition coefficient (Wildman–Crippen LogP) is 3.59. The number of nitrogens with one attached hydrogen (secondary N) is 2. The molecule has 28 heavy (non-hydrogen) atoms. The van der Waals surface area contributed by atoms with E-state index in [1.807, 2.05) is 28.9 Å². The van der Waals surface area contributed by atoms with Crippen molar-refractivity contribution in [3.05, 3.63) is 63.5 Å². The standard InChI is InChI=1S/C21H21N5OS/c1-13-19(15-5-3-2-4-6-15)25-21(28-13)16-12-23-26-17(11-18(27)24-20(16)26)14-7-9-22-10-8-14/h2-6,11-12,14,22H,7-10H2,1H3,(H,24,27). The minimum absolute atomic E-state index is 0.0839. The molecule has 142 valence electrons. The Morgan fingerprint density at radius 1 is 1.18 bits per heavy atom.